The third-order valence-corrected chi connectivity index (χ3v) is 4.32. The van der Waals surface area contributed by atoms with Crippen molar-refractivity contribution < 1.29 is 8.42 Å². The van der Waals surface area contributed by atoms with E-state index in [1.165, 1.54) is 0 Å². The highest BCUT2D eigenvalue weighted by atomic mass is 35.5. The molecule has 0 aliphatic carbocycles. The number of sulfone groups is 1. The van der Waals surface area contributed by atoms with Crippen LogP contribution in [0.1, 0.15) is 12.5 Å². The average Bonchev–Trinajstić information content (AvgIpc) is 2.29. The molecule has 3 nitrogen and oxygen atoms in total. The molecule has 16 heavy (non-hydrogen) atoms. The fourth-order valence-electron chi connectivity index (χ4n) is 1.29. The van der Waals surface area contributed by atoms with E-state index in [4.69, 9.17) is 11.6 Å². The standard InChI is InChI=1S/C11H16ClNO2S/c1-2-16(14,15)8-7-13-11-6-4-3-5-10(11)9-12/h3-6,13H,2,7-9H2,1H3. The predicted octanol–water partition coefficient (Wildman–Crippen LogP) is 2.27. The first-order valence-corrected chi connectivity index (χ1v) is 7.53. The molecule has 0 unspecified atom stereocenters. The van der Waals surface area contributed by atoms with Crippen LogP contribution in [-0.4, -0.2) is 26.5 Å². The SMILES string of the molecule is CCS(=O)(=O)CCNc1ccccc1CCl. The quantitative estimate of drug-likeness (QED) is 0.799. The number of para-hydroxylation sites is 1. The molecule has 1 aromatic carbocycles. The van der Waals surface area contributed by atoms with E-state index in [-0.39, 0.29) is 11.5 Å². The van der Waals surface area contributed by atoms with Crippen LogP contribution in [0.2, 0.25) is 0 Å². The van der Waals surface area contributed by atoms with Gasteiger partial charge in [0.25, 0.3) is 0 Å². The van der Waals surface area contributed by atoms with Gasteiger partial charge in [0.2, 0.25) is 0 Å². The van der Waals surface area contributed by atoms with Crippen molar-refractivity contribution in [2.24, 2.45) is 0 Å². The molecular weight excluding hydrogens is 246 g/mol. The first-order chi connectivity index (χ1) is 7.59. The zero-order valence-corrected chi connectivity index (χ0v) is 10.8. The third kappa shape index (κ3) is 4.02. The Hall–Kier alpha value is -0.740. The number of hydrogen-bond acceptors (Lipinski definition) is 3. The first kappa shape index (κ1) is 13.3. The minimum absolute atomic E-state index is 0.153. The van der Waals surface area contributed by atoms with E-state index in [0.29, 0.717) is 12.4 Å². The van der Waals surface area contributed by atoms with Crippen LogP contribution >= 0.6 is 11.6 Å². The minimum Gasteiger partial charge on any atom is -0.384 e. The van der Waals surface area contributed by atoms with Crippen molar-refractivity contribution in [2.75, 3.05) is 23.4 Å². The molecule has 0 saturated carbocycles. The molecule has 0 saturated heterocycles. The Morgan fingerprint density at radius 2 is 2.00 bits per heavy atom. The van der Waals surface area contributed by atoms with Crippen molar-refractivity contribution in [3.05, 3.63) is 29.8 Å². The van der Waals surface area contributed by atoms with Gasteiger partial charge in [-0.2, -0.15) is 0 Å². The van der Waals surface area contributed by atoms with E-state index in [1.54, 1.807) is 6.92 Å². The molecule has 0 aliphatic heterocycles. The molecule has 1 rings (SSSR count). The number of nitrogens with one attached hydrogen (secondary N) is 1. The van der Waals surface area contributed by atoms with Crippen molar-refractivity contribution >= 4 is 27.1 Å². The largest absolute Gasteiger partial charge is 0.384 e. The van der Waals surface area contributed by atoms with Gasteiger partial charge in [0.1, 0.15) is 0 Å². The lowest BCUT2D eigenvalue weighted by molar-refractivity contribution is 0.597. The number of anilines is 1. The summed E-state index contributed by atoms with van der Waals surface area (Å²) in [5, 5.41) is 3.09. The molecule has 0 fully saturated rings. The van der Waals surface area contributed by atoms with Gasteiger partial charge in [-0.1, -0.05) is 25.1 Å². The lowest BCUT2D eigenvalue weighted by Gasteiger charge is -2.09. The summed E-state index contributed by atoms with van der Waals surface area (Å²) in [5.41, 5.74) is 1.89. The molecule has 1 N–H and O–H groups in total. The van der Waals surface area contributed by atoms with E-state index in [1.807, 2.05) is 24.3 Å². The molecule has 0 radical (unpaired) electrons. The van der Waals surface area contributed by atoms with Crippen molar-refractivity contribution in [1.82, 2.24) is 0 Å². The zero-order chi connectivity index (χ0) is 12.0. The van der Waals surface area contributed by atoms with E-state index in [2.05, 4.69) is 5.32 Å². The Kier molecular flexibility index (Phi) is 5.09. The maximum Gasteiger partial charge on any atom is 0.151 e. The second kappa shape index (κ2) is 6.11. The number of rotatable bonds is 6. The summed E-state index contributed by atoms with van der Waals surface area (Å²) < 4.78 is 22.6. The Balaban J connectivity index is 2.55. The van der Waals surface area contributed by atoms with Gasteiger partial charge in [-0.3, -0.25) is 0 Å². The summed E-state index contributed by atoms with van der Waals surface area (Å²) >= 11 is 5.77. The summed E-state index contributed by atoms with van der Waals surface area (Å²) in [7, 11) is -2.90. The molecule has 0 aromatic heterocycles. The van der Waals surface area contributed by atoms with Crippen LogP contribution in [0.25, 0.3) is 0 Å². The molecule has 1 aromatic rings. The lowest BCUT2D eigenvalue weighted by Crippen LogP contribution is -2.17. The number of hydrogen-bond donors (Lipinski definition) is 1. The van der Waals surface area contributed by atoms with Crippen molar-refractivity contribution in [1.29, 1.82) is 0 Å². The summed E-state index contributed by atoms with van der Waals surface area (Å²) in [6, 6.07) is 7.62. The molecule has 0 heterocycles. The minimum atomic E-state index is -2.90. The van der Waals surface area contributed by atoms with Gasteiger partial charge in [-0.25, -0.2) is 8.42 Å². The van der Waals surface area contributed by atoms with Gasteiger partial charge in [-0.05, 0) is 11.6 Å². The normalized spacial score (nSPS) is 11.4. The van der Waals surface area contributed by atoms with Crippen LogP contribution in [0.3, 0.4) is 0 Å². The second-order valence-corrected chi connectivity index (χ2v) is 6.19. The molecule has 0 spiro atoms. The van der Waals surface area contributed by atoms with Gasteiger partial charge in [0, 0.05) is 23.9 Å². The van der Waals surface area contributed by atoms with Crippen LogP contribution in [0.15, 0.2) is 24.3 Å². The molecule has 90 valence electrons. The number of halogens is 1. The average molecular weight is 262 g/mol. The van der Waals surface area contributed by atoms with Gasteiger partial charge in [0.15, 0.2) is 9.84 Å². The zero-order valence-electron chi connectivity index (χ0n) is 9.24. The molecule has 0 atom stereocenters. The third-order valence-electron chi connectivity index (χ3n) is 2.33. The van der Waals surface area contributed by atoms with Gasteiger partial charge in [-0.15, -0.1) is 11.6 Å². The Morgan fingerprint density at radius 1 is 1.31 bits per heavy atom. The number of benzene rings is 1. The molecule has 0 aliphatic rings. The van der Waals surface area contributed by atoms with E-state index in [9.17, 15) is 8.42 Å². The fraction of sp³-hybridized carbons (Fsp3) is 0.455. The Morgan fingerprint density at radius 3 is 2.62 bits per heavy atom. The summed E-state index contributed by atoms with van der Waals surface area (Å²) in [5.74, 6) is 0.760. The monoisotopic (exact) mass is 261 g/mol. The maximum atomic E-state index is 11.3. The predicted molar refractivity (Wildman–Crippen MR) is 68.8 cm³/mol. The topological polar surface area (TPSA) is 46.2 Å². The van der Waals surface area contributed by atoms with Crippen molar-refractivity contribution in [3.63, 3.8) is 0 Å². The van der Waals surface area contributed by atoms with Crippen molar-refractivity contribution in [2.45, 2.75) is 12.8 Å². The summed E-state index contributed by atoms with van der Waals surface area (Å²) in [4.78, 5) is 0. The molecular formula is C11H16ClNO2S. The summed E-state index contributed by atoms with van der Waals surface area (Å²) in [6.45, 7) is 2.08. The maximum absolute atomic E-state index is 11.3. The van der Waals surface area contributed by atoms with E-state index >= 15 is 0 Å². The Labute approximate surface area is 102 Å². The fourth-order valence-corrected chi connectivity index (χ4v) is 2.23. The van der Waals surface area contributed by atoms with Crippen LogP contribution in [0.5, 0.6) is 0 Å². The van der Waals surface area contributed by atoms with Gasteiger partial charge >= 0.3 is 0 Å². The highest BCUT2D eigenvalue weighted by molar-refractivity contribution is 7.91. The Bertz CT molecular complexity index is 431. The summed E-state index contributed by atoms with van der Waals surface area (Å²) in [6.07, 6.45) is 0. The van der Waals surface area contributed by atoms with Crippen LogP contribution < -0.4 is 5.32 Å². The van der Waals surface area contributed by atoms with Crippen LogP contribution in [0, 0.1) is 0 Å². The van der Waals surface area contributed by atoms with Crippen LogP contribution in [0.4, 0.5) is 5.69 Å². The highest BCUT2D eigenvalue weighted by Crippen LogP contribution is 2.16. The van der Waals surface area contributed by atoms with Gasteiger partial charge < -0.3 is 5.32 Å². The van der Waals surface area contributed by atoms with Crippen molar-refractivity contribution in [3.8, 4) is 0 Å². The highest BCUT2D eigenvalue weighted by Gasteiger charge is 2.07. The molecule has 0 bridgehead atoms. The van der Waals surface area contributed by atoms with E-state index in [0.717, 1.165) is 11.3 Å². The van der Waals surface area contributed by atoms with Gasteiger partial charge in [0.05, 0.1) is 5.75 Å². The number of alkyl halides is 1. The second-order valence-electron chi connectivity index (χ2n) is 3.45. The smallest absolute Gasteiger partial charge is 0.151 e. The van der Waals surface area contributed by atoms with Crippen LogP contribution in [-0.2, 0) is 15.7 Å². The molecule has 5 heteroatoms. The lowest BCUT2D eigenvalue weighted by atomic mass is 10.2. The first-order valence-electron chi connectivity index (χ1n) is 5.17. The molecule has 0 amide bonds. The van der Waals surface area contributed by atoms with E-state index < -0.39 is 9.84 Å².